The summed E-state index contributed by atoms with van der Waals surface area (Å²) in [5.41, 5.74) is 0.416. The van der Waals surface area contributed by atoms with Gasteiger partial charge in [0, 0.05) is 22.0 Å². The van der Waals surface area contributed by atoms with Crippen LogP contribution in [0.4, 0.5) is 0 Å². The number of fused-ring (bicyclic) bond motifs is 3. The Morgan fingerprint density at radius 2 is 1.49 bits per heavy atom. The van der Waals surface area contributed by atoms with Crippen LogP contribution in [0.25, 0.3) is 0 Å². The van der Waals surface area contributed by atoms with Crippen molar-refractivity contribution in [1.29, 1.82) is 0 Å². The molecule has 1 amide bonds. The molecule has 0 radical (unpaired) electrons. The molecule has 6 rings (SSSR count). The fourth-order valence-corrected chi connectivity index (χ4v) is 8.81. The highest BCUT2D eigenvalue weighted by molar-refractivity contribution is 7.92. The number of carbonyl (C=O) groups is 2. The predicted molar refractivity (Wildman–Crippen MR) is 179 cm³/mol. The summed E-state index contributed by atoms with van der Waals surface area (Å²) in [5.74, 6) is -2.19. The monoisotopic (exact) mass is 681 g/mol. The minimum atomic E-state index is -3.53. The molecule has 2 aromatic carbocycles. The summed E-state index contributed by atoms with van der Waals surface area (Å²) in [4.78, 5) is 31.6. The number of sulfone groups is 1. The standard InChI is InChI=1S/C28H35Cl2NO5S.C6H12N2/c1-17(2)24(16-37(35,36)18(3)4)31-26(19-9-11-21(29)12-10-19)23(20-7-6-8-22(30)13-20)14-28(5,27(31)34)15-25(32)33;1-2-8-5-3-7(1)4-6-8/h6-13,17-18,23-24,26H,14-16H2,1-5H3,(H,32,33);1-6H2/p+2/t23-,24-,26-,28-;/m1./s1. The van der Waals surface area contributed by atoms with Crippen molar-refractivity contribution >= 4 is 44.9 Å². The summed E-state index contributed by atoms with van der Waals surface area (Å²) >= 11 is 12.5. The Labute approximate surface area is 278 Å². The number of hydrogen-bond acceptors (Lipinski definition) is 4. The van der Waals surface area contributed by atoms with E-state index < -0.39 is 38.6 Å². The molecule has 4 aliphatic heterocycles. The summed E-state index contributed by atoms with van der Waals surface area (Å²) < 4.78 is 26.3. The number of piperazine rings is 3. The van der Waals surface area contributed by atoms with Crippen molar-refractivity contribution in [1.82, 2.24) is 4.90 Å². The maximum atomic E-state index is 14.3. The first kappa shape index (κ1) is 35.7. The average molecular weight is 683 g/mol. The van der Waals surface area contributed by atoms with E-state index in [1.54, 1.807) is 43.9 Å². The molecule has 11 heteroatoms. The summed E-state index contributed by atoms with van der Waals surface area (Å²) in [6.45, 7) is 17.4. The summed E-state index contributed by atoms with van der Waals surface area (Å²) in [6.07, 6.45) is -0.0987. The number of nitrogens with one attached hydrogen (secondary N) is 2. The van der Waals surface area contributed by atoms with E-state index in [2.05, 4.69) is 0 Å². The maximum Gasteiger partial charge on any atom is 0.304 e. The van der Waals surface area contributed by atoms with Gasteiger partial charge in [-0.15, -0.1) is 0 Å². The van der Waals surface area contributed by atoms with Gasteiger partial charge in [-0.2, -0.15) is 0 Å². The first-order chi connectivity index (χ1) is 21.1. The molecule has 4 aliphatic rings. The Balaban J connectivity index is 0.000000491. The molecule has 4 atom stereocenters. The van der Waals surface area contributed by atoms with Gasteiger partial charge in [0.15, 0.2) is 9.84 Å². The van der Waals surface area contributed by atoms with Crippen molar-refractivity contribution in [2.24, 2.45) is 11.3 Å². The van der Waals surface area contributed by atoms with Crippen LogP contribution in [0.15, 0.2) is 48.5 Å². The van der Waals surface area contributed by atoms with Crippen LogP contribution >= 0.6 is 23.2 Å². The molecule has 0 aliphatic carbocycles. The molecular weight excluding hydrogens is 633 g/mol. The smallest absolute Gasteiger partial charge is 0.304 e. The number of nitrogens with zero attached hydrogens (tertiary/aromatic N) is 1. The number of halogens is 2. The lowest BCUT2D eigenvalue weighted by Gasteiger charge is -2.52. The molecule has 4 fully saturated rings. The van der Waals surface area contributed by atoms with E-state index in [4.69, 9.17) is 23.2 Å². The fraction of sp³-hybridized carbons (Fsp3) is 0.588. The molecule has 4 heterocycles. The van der Waals surface area contributed by atoms with E-state index in [1.165, 1.54) is 39.3 Å². The minimum absolute atomic E-state index is 0.209. The van der Waals surface area contributed by atoms with Gasteiger partial charge in [0.1, 0.15) is 39.3 Å². The summed E-state index contributed by atoms with van der Waals surface area (Å²) in [5, 5.41) is 10.2. The lowest BCUT2D eigenvalue weighted by atomic mass is 9.66. The topological polar surface area (TPSA) is 101 Å². The van der Waals surface area contributed by atoms with Crippen molar-refractivity contribution < 1.29 is 32.9 Å². The number of piperidine rings is 1. The van der Waals surface area contributed by atoms with Gasteiger partial charge in [0.2, 0.25) is 5.91 Å². The zero-order valence-electron chi connectivity index (χ0n) is 27.1. The number of benzene rings is 2. The van der Waals surface area contributed by atoms with Crippen LogP contribution in [0.5, 0.6) is 0 Å². The van der Waals surface area contributed by atoms with Crippen LogP contribution in [0.2, 0.25) is 10.0 Å². The molecule has 2 bridgehead atoms. The van der Waals surface area contributed by atoms with E-state index in [-0.39, 0.29) is 36.3 Å². The minimum Gasteiger partial charge on any atom is -0.481 e. The molecule has 45 heavy (non-hydrogen) atoms. The van der Waals surface area contributed by atoms with E-state index in [9.17, 15) is 23.1 Å². The van der Waals surface area contributed by atoms with Crippen molar-refractivity contribution in [3.63, 3.8) is 0 Å². The Morgan fingerprint density at radius 1 is 0.933 bits per heavy atom. The number of carbonyl (C=O) groups excluding carboxylic acids is 1. The molecule has 0 unspecified atom stereocenters. The zero-order chi connectivity index (χ0) is 33.1. The van der Waals surface area contributed by atoms with E-state index in [0.29, 0.717) is 10.0 Å². The number of aliphatic carboxylic acids is 1. The summed E-state index contributed by atoms with van der Waals surface area (Å²) in [7, 11) is -3.53. The molecule has 8 nitrogen and oxygen atoms in total. The molecule has 3 N–H and O–H groups in total. The fourth-order valence-electron chi connectivity index (χ4n) is 7.08. The number of carboxylic acid groups (broad SMARTS) is 1. The highest BCUT2D eigenvalue weighted by atomic mass is 35.5. The maximum absolute atomic E-state index is 14.3. The van der Waals surface area contributed by atoms with Gasteiger partial charge in [-0.25, -0.2) is 8.42 Å². The number of carboxylic acids is 1. The molecule has 4 saturated heterocycles. The van der Waals surface area contributed by atoms with Crippen LogP contribution in [0.3, 0.4) is 0 Å². The Hall–Kier alpha value is -2.17. The van der Waals surface area contributed by atoms with Crippen molar-refractivity contribution in [3.8, 4) is 0 Å². The van der Waals surface area contributed by atoms with Crippen molar-refractivity contribution in [3.05, 3.63) is 69.7 Å². The first-order valence-corrected chi connectivity index (χ1v) is 18.5. The van der Waals surface area contributed by atoms with Gasteiger partial charge in [-0.1, -0.05) is 68.2 Å². The molecular formula is C34H49Cl2N3O5S+2. The molecule has 2 aromatic rings. The highest BCUT2D eigenvalue weighted by Crippen LogP contribution is 2.52. The number of hydrogen-bond donors (Lipinski definition) is 3. The lowest BCUT2D eigenvalue weighted by molar-refractivity contribution is -1.06. The summed E-state index contributed by atoms with van der Waals surface area (Å²) in [6, 6.07) is 13.3. The zero-order valence-corrected chi connectivity index (χ0v) is 29.4. The second kappa shape index (κ2) is 14.7. The lowest BCUT2D eigenvalue weighted by Crippen LogP contribution is -3.35. The number of likely N-dealkylation sites (tertiary alicyclic amines) is 1. The van der Waals surface area contributed by atoms with Gasteiger partial charge in [-0.05, 0) is 61.6 Å². The normalized spacial score (nSPS) is 27.3. The van der Waals surface area contributed by atoms with Gasteiger partial charge < -0.3 is 19.8 Å². The Kier molecular flexibility index (Phi) is 11.7. The Bertz CT molecular complexity index is 1420. The largest absolute Gasteiger partial charge is 0.481 e. The van der Waals surface area contributed by atoms with Gasteiger partial charge in [-0.3, -0.25) is 9.59 Å². The average Bonchev–Trinajstić information content (AvgIpc) is 2.98. The third kappa shape index (κ3) is 8.60. The second-order valence-electron chi connectivity index (χ2n) is 13.9. The van der Waals surface area contributed by atoms with Gasteiger partial charge >= 0.3 is 5.97 Å². The van der Waals surface area contributed by atoms with Crippen LogP contribution in [-0.4, -0.2) is 86.6 Å². The van der Waals surface area contributed by atoms with Crippen LogP contribution in [0.1, 0.15) is 70.5 Å². The number of amides is 1. The van der Waals surface area contributed by atoms with E-state index >= 15 is 0 Å². The first-order valence-electron chi connectivity index (χ1n) is 16.1. The van der Waals surface area contributed by atoms with Gasteiger partial charge in [0.25, 0.3) is 0 Å². The Morgan fingerprint density at radius 3 is 1.93 bits per heavy atom. The molecule has 0 saturated carbocycles. The second-order valence-corrected chi connectivity index (χ2v) is 17.4. The molecule has 248 valence electrons. The van der Waals surface area contributed by atoms with Crippen LogP contribution in [0, 0.1) is 11.3 Å². The quantitative estimate of drug-likeness (QED) is 0.378. The van der Waals surface area contributed by atoms with E-state index in [1.807, 2.05) is 54.0 Å². The van der Waals surface area contributed by atoms with Crippen molar-refractivity contribution in [2.45, 2.75) is 70.7 Å². The molecule has 0 aromatic heterocycles. The van der Waals surface area contributed by atoms with Crippen LogP contribution in [-0.2, 0) is 19.4 Å². The highest BCUT2D eigenvalue weighted by Gasteiger charge is 2.53. The van der Waals surface area contributed by atoms with Gasteiger partial charge in [0.05, 0.1) is 28.9 Å². The third-order valence-electron chi connectivity index (χ3n) is 9.88. The molecule has 0 spiro atoms. The van der Waals surface area contributed by atoms with Crippen LogP contribution < -0.4 is 9.80 Å². The SMILES string of the molecule is C1C[NH+]2CC[NH+]1CC2.CC(C)[C@@H](CS(=O)(=O)C(C)C)N1C(=O)[C@@](C)(CC(=O)O)C[C@H](c2cccc(Cl)c2)[C@H]1c1ccc(Cl)cc1. The van der Waals surface area contributed by atoms with E-state index in [0.717, 1.165) is 11.1 Å². The number of quaternary nitrogens is 2. The van der Waals surface area contributed by atoms with Crippen molar-refractivity contribution in [2.75, 3.05) is 45.0 Å². The predicted octanol–water partition coefficient (Wildman–Crippen LogP) is 3.16. The third-order valence-corrected chi connectivity index (χ3v) is 12.6. The number of rotatable bonds is 9.